The number of carbonyl (C=O) groups is 1. The van der Waals surface area contributed by atoms with Gasteiger partial charge in [0.05, 0.1) is 11.4 Å². The number of hydrogen-bond acceptors (Lipinski definition) is 2. The van der Waals surface area contributed by atoms with Crippen LogP contribution >= 0.6 is 0 Å². The second-order valence-electron chi connectivity index (χ2n) is 4.29. The fourth-order valence-electron chi connectivity index (χ4n) is 2.38. The lowest BCUT2D eigenvalue weighted by Gasteiger charge is -2.07. The van der Waals surface area contributed by atoms with Crippen LogP contribution in [0.4, 0.5) is 0 Å². The van der Waals surface area contributed by atoms with Crippen molar-refractivity contribution in [1.82, 2.24) is 0 Å². The molecule has 0 amide bonds. The highest BCUT2D eigenvalue weighted by Crippen LogP contribution is 2.20. The Balaban J connectivity index is 2.55. The maximum Gasteiger partial charge on any atom is 0.213 e. The van der Waals surface area contributed by atoms with Crippen molar-refractivity contribution in [3.63, 3.8) is 0 Å². The molecule has 0 atom stereocenters. The van der Waals surface area contributed by atoms with E-state index in [1.165, 1.54) is 0 Å². The molecular formula is C15H11NO2. The Hall–Kier alpha value is -2.42. The van der Waals surface area contributed by atoms with Crippen LogP contribution in [0.2, 0.25) is 0 Å². The number of aryl methyl sites for hydroxylation is 1. The molecule has 1 heterocycles. The van der Waals surface area contributed by atoms with E-state index in [1.54, 1.807) is 12.1 Å². The molecule has 88 valence electrons. The van der Waals surface area contributed by atoms with Crippen molar-refractivity contribution in [2.24, 2.45) is 7.05 Å². The summed E-state index contributed by atoms with van der Waals surface area (Å²) in [6.45, 7) is 0. The molecule has 0 fully saturated rings. The number of aromatic carboxylic acids is 1. The summed E-state index contributed by atoms with van der Waals surface area (Å²) in [4.78, 5) is 11.1. The topological polar surface area (TPSA) is 44.0 Å². The maximum atomic E-state index is 11.1. The van der Waals surface area contributed by atoms with Gasteiger partial charge in [0.1, 0.15) is 7.05 Å². The highest BCUT2D eigenvalue weighted by atomic mass is 16.4. The largest absolute Gasteiger partial charge is 0.545 e. The van der Waals surface area contributed by atoms with Crippen molar-refractivity contribution < 1.29 is 14.5 Å². The van der Waals surface area contributed by atoms with Crippen LogP contribution in [0.5, 0.6) is 0 Å². The maximum absolute atomic E-state index is 11.1. The third-order valence-electron chi connectivity index (χ3n) is 3.26. The van der Waals surface area contributed by atoms with Gasteiger partial charge in [0.2, 0.25) is 11.0 Å². The smallest absolute Gasteiger partial charge is 0.213 e. The van der Waals surface area contributed by atoms with Crippen LogP contribution in [0, 0.1) is 0 Å². The van der Waals surface area contributed by atoms with Crippen LogP contribution in [0.25, 0.3) is 21.8 Å². The first-order valence-corrected chi connectivity index (χ1v) is 5.70. The highest BCUT2D eigenvalue weighted by Gasteiger charge is 2.13. The molecule has 0 aliphatic heterocycles. The van der Waals surface area contributed by atoms with Crippen molar-refractivity contribution in [2.45, 2.75) is 0 Å². The van der Waals surface area contributed by atoms with Gasteiger partial charge < -0.3 is 9.90 Å². The number of hydrogen-bond donors (Lipinski definition) is 0. The van der Waals surface area contributed by atoms with Gasteiger partial charge >= 0.3 is 0 Å². The van der Waals surface area contributed by atoms with E-state index in [9.17, 15) is 9.90 Å². The third-order valence-corrected chi connectivity index (χ3v) is 3.26. The van der Waals surface area contributed by atoms with Gasteiger partial charge in [-0.25, -0.2) is 0 Å². The van der Waals surface area contributed by atoms with Crippen molar-refractivity contribution in [3.8, 4) is 0 Å². The summed E-state index contributed by atoms with van der Waals surface area (Å²) < 4.78 is 2.00. The van der Waals surface area contributed by atoms with Crippen LogP contribution in [0.3, 0.4) is 0 Å². The number of para-hydroxylation sites is 1. The molecule has 0 saturated heterocycles. The fraction of sp³-hybridized carbons (Fsp3) is 0.0667. The van der Waals surface area contributed by atoms with Gasteiger partial charge in [0, 0.05) is 23.1 Å². The molecule has 0 bridgehead atoms. The van der Waals surface area contributed by atoms with Gasteiger partial charge in [-0.15, -0.1) is 0 Å². The van der Waals surface area contributed by atoms with Crippen LogP contribution in [0.1, 0.15) is 10.4 Å². The van der Waals surface area contributed by atoms with Crippen molar-refractivity contribution in [2.75, 3.05) is 0 Å². The third kappa shape index (κ3) is 1.44. The second-order valence-corrected chi connectivity index (χ2v) is 4.29. The van der Waals surface area contributed by atoms with E-state index in [-0.39, 0.29) is 5.56 Å². The molecule has 2 aromatic carbocycles. The molecule has 3 aromatic rings. The molecule has 3 nitrogen and oxygen atoms in total. The molecular weight excluding hydrogens is 226 g/mol. The number of nitrogens with zero attached hydrogens (tertiary/aromatic N) is 1. The lowest BCUT2D eigenvalue weighted by molar-refractivity contribution is -0.617. The molecule has 0 N–H and O–H groups in total. The minimum atomic E-state index is -1.14. The van der Waals surface area contributed by atoms with Gasteiger partial charge in [0.25, 0.3) is 0 Å². The van der Waals surface area contributed by atoms with Gasteiger partial charge in [-0.2, -0.15) is 4.57 Å². The number of carbonyl (C=O) groups excluding carboxylic acids is 1. The van der Waals surface area contributed by atoms with Crippen molar-refractivity contribution in [3.05, 3.63) is 54.1 Å². The van der Waals surface area contributed by atoms with Gasteiger partial charge in [0.15, 0.2) is 0 Å². The first kappa shape index (κ1) is 10.7. The molecule has 0 saturated carbocycles. The Morgan fingerprint density at radius 3 is 2.56 bits per heavy atom. The van der Waals surface area contributed by atoms with Crippen LogP contribution < -0.4 is 9.67 Å². The van der Waals surface area contributed by atoms with Gasteiger partial charge in [-0.3, -0.25) is 0 Å². The zero-order valence-corrected chi connectivity index (χ0v) is 9.88. The zero-order valence-electron chi connectivity index (χ0n) is 9.88. The lowest BCUT2D eigenvalue weighted by atomic mass is 10.1. The van der Waals surface area contributed by atoms with E-state index < -0.39 is 5.97 Å². The Morgan fingerprint density at radius 1 is 1.06 bits per heavy atom. The van der Waals surface area contributed by atoms with E-state index in [0.717, 1.165) is 16.4 Å². The molecule has 1 aromatic heterocycles. The van der Waals surface area contributed by atoms with Crippen LogP contribution in [0.15, 0.2) is 48.5 Å². The predicted molar refractivity (Wildman–Crippen MR) is 67.0 cm³/mol. The fourth-order valence-corrected chi connectivity index (χ4v) is 2.38. The SMILES string of the molecule is C[n+]1c2ccccc2cc2c(C(=O)[O-])cccc21. The minimum Gasteiger partial charge on any atom is -0.545 e. The van der Waals surface area contributed by atoms with E-state index in [4.69, 9.17) is 0 Å². The number of carboxylic acids is 1. The zero-order chi connectivity index (χ0) is 12.7. The summed E-state index contributed by atoms with van der Waals surface area (Å²) >= 11 is 0. The molecule has 18 heavy (non-hydrogen) atoms. The van der Waals surface area contributed by atoms with E-state index in [0.29, 0.717) is 5.39 Å². The summed E-state index contributed by atoms with van der Waals surface area (Å²) in [5.74, 6) is -1.14. The number of carboxylic acid groups (broad SMARTS) is 1. The number of benzene rings is 2. The quantitative estimate of drug-likeness (QED) is 0.471. The summed E-state index contributed by atoms with van der Waals surface area (Å²) in [5, 5.41) is 12.9. The average Bonchev–Trinajstić information content (AvgIpc) is 2.38. The number of fused-ring (bicyclic) bond motifs is 2. The Bertz CT molecular complexity index is 778. The summed E-state index contributed by atoms with van der Waals surface area (Å²) in [6, 6.07) is 15.0. The lowest BCUT2D eigenvalue weighted by Crippen LogP contribution is -2.31. The van der Waals surface area contributed by atoms with E-state index in [2.05, 4.69) is 0 Å². The van der Waals surface area contributed by atoms with Crippen molar-refractivity contribution in [1.29, 1.82) is 0 Å². The Morgan fingerprint density at radius 2 is 1.78 bits per heavy atom. The second kappa shape index (κ2) is 3.81. The number of aromatic nitrogens is 1. The standard InChI is InChI=1S/C15H11NO2/c1-16-13-7-3-2-5-10(13)9-12-11(15(17)18)6-4-8-14(12)16/h2-9H,1H3. The van der Waals surface area contributed by atoms with Crippen LogP contribution in [-0.4, -0.2) is 5.97 Å². The number of rotatable bonds is 1. The molecule has 3 heteroatoms. The number of pyridine rings is 1. The first-order chi connectivity index (χ1) is 8.68. The minimum absolute atomic E-state index is 0.230. The molecule has 0 aliphatic carbocycles. The molecule has 0 unspecified atom stereocenters. The Kier molecular flexibility index (Phi) is 2.27. The van der Waals surface area contributed by atoms with E-state index >= 15 is 0 Å². The summed E-state index contributed by atoms with van der Waals surface area (Å²) in [5.41, 5.74) is 2.18. The predicted octanol–water partition coefficient (Wildman–Crippen LogP) is 1.18. The van der Waals surface area contributed by atoms with Crippen LogP contribution in [-0.2, 0) is 7.05 Å². The monoisotopic (exact) mass is 237 g/mol. The molecule has 0 spiro atoms. The van der Waals surface area contributed by atoms with Gasteiger partial charge in [-0.1, -0.05) is 24.3 Å². The molecule has 0 radical (unpaired) electrons. The first-order valence-electron chi connectivity index (χ1n) is 5.70. The summed E-state index contributed by atoms with van der Waals surface area (Å²) in [7, 11) is 1.93. The molecule has 3 rings (SSSR count). The van der Waals surface area contributed by atoms with Crippen molar-refractivity contribution >= 4 is 27.8 Å². The van der Waals surface area contributed by atoms with Gasteiger partial charge in [-0.05, 0) is 12.1 Å². The normalized spacial score (nSPS) is 10.9. The highest BCUT2D eigenvalue weighted by molar-refractivity contribution is 6.03. The van der Waals surface area contributed by atoms with E-state index in [1.807, 2.05) is 48.0 Å². The Labute approximate surface area is 104 Å². The molecule has 0 aliphatic rings. The summed E-state index contributed by atoms with van der Waals surface area (Å²) in [6.07, 6.45) is 0. The average molecular weight is 237 g/mol.